The summed E-state index contributed by atoms with van der Waals surface area (Å²) < 4.78 is 0. The van der Waals surface area contributed by atoms with Crippen LogP contribution in [0, 0.1) is 0 Å². The minimum atomic E-state index is 0.111. The highest BCUT2D eigenvalue weighted by Crippen LogP contribution is 2.57. The van der Waals surface area contributed by atoms with Crippen molar-refractivity contribution in [3.63, 3.8) is 0 Å². The lowest BCUT2D eigenvalue weighted by molar-refractivity contribution is 4.03. The second-order valence-corrected chi connectivity index (χ2v) is 87.4. The Labute approximate surface area is 86.5 Å². The van der Waals surface area contributed by atoms with Crippen molar-refractivity contribution in [2.45, 2.75) is 0 Å². The maximum Gasteiger partial charge on any atom is 0.0906 e. The molecule has 0 N–H and O–H groups in total. The van der Waals surface area contributed by atoms with Gasteiger partial charge in [-0.2, -0.15) is 19.7 Å². The monoisotopic (exact) mass is 308 g/mol. The van der Waals surface area contributed by atoms with Crippen LogP contribution in [0.25, 0.3) is 0 Å². The molecule has 0 bridgehead atoms. The summed E-state index contributed by atoms with van der Waals surface area (Å²) in [6.07, 6.45) is 0. The van der Waals surface area contributed by atoms with Crippen molar-refractivity contribution < 1.29 is 0 Å². The number of hydrogen-bond donors (Lipinski definition) is 0. The van der Waals surface area contributed by atoms with Crippen LogP contribution in [0.2, 0.25) is 0 Å². The maximum atomic E-state index is 1.66. The van der Waals surface area contributed by atoms with Gasteiger partial charge in [-0.25, -0.2) is 0 Å². The highest BCUT2D eigenvalue weighted by atomic mass is 32.2. The molecule has 0 aliphatic carbocycles. The summed E-state index contributed by atoms with van der Waals surface area (Å²) in [5, 5.41) is 0. The Kier molecular flexibility index (Phi) is 8.06. The smallest absolute Gasteiger partial charge is 0.0906 e. The van der Waals surface area contributed by atoms with Gasteiger partial charge in [0.2, 0.25) is 0 Å². The van der Waals surface area contributed by atoms with Crippen molar-refractivity contribution >= 4 is 87.0 Å². The minimum absolute atomic E-state index is 0.111. The fraction of sp³-hybridized carbons (Fsp3) is 0. The van der Waals surface area contributed by atoms with E-state index in [1.807, 2.05) is 0 Å². The molecule has 0 aromatic carbocycles. The third kappa shape index (κ3) is 4.74. The second kappa shape index (κ2) is 6.29. The Bertz CT molecular complexity index is 69.8. The van der Waals surface area contributed by atoms with Gasteiger partial charge in [-0.1, -0.05) is 0 Å². The summed E-state index contributed by atoms with van der Waals surface area (Å²) in [6.45, 7) is 2.61. The summed E-state index contributed by atoms with van der Waals surface area (Å²) in [6, 6.07) is 0. The normalized spacial score (nSPS) is 25.2. The Balaban J connectivity index is 3.98. The molecular weight excluding hydrogens is 290 g/mol. The van der Waals surface area contributed by atoms with E-state index in [0.717, 1.165) is 19.7 Å². The molecule has 0 aliphatic heterocycles. The van der Waals surface area contributed by atoms with Crippen LogP contribution in [-0.2, 0) is 0 Å². The third-order valence-corrected chi connectivity index (χ3v) is 112. The largest absolute Gasteiger partial charge is 0.155 e. The summed E-state index contributed by atoms with van der Waals surface area (Å²) in [7, 11) is 10.1. The van der Waals surface area contributed by atoms with Gasteiger partial charge in [-0.05, 0) is 0 Å². The summed E-state index contributed by atoms with van der Waals surface area (Å²) in [5.74, 6) is 0. The van der Waals surface area contributed by atoms with Crippen LogP contribution in [0.15, 0.2) is 0 Å². The Hall–Kier alpha value is 2.81. The first-order valence-electron chi connectivity index (χ1n) is 3.46. The number of rotatable bonds is 3. The molecule has 0 heterocycles. The maximum absolute atomic E-state index is 1.66. The van der Waals surface area contributed by atoms with Crippen LogP contribution in [0.4, 0.5) is 0 Å². The molecule has 0 amide bonds. The van der Waals surface area contributed by atoms with E-state index in [9.17, 15) is 0 Å². The van der Waals surface area contributed by atoms with Gasteiger partial charge in [0.1, 0.15) is 0 Å². The van der Waals surface area contributed by atoms with Crippen molar-refractivity contribution in [1.29, 1.82) is 0 Å². The molecule has 0 aromatic heterocycles. The van der Waals surface area contributed by atoms with Crippen molar-refractivity contribution in [2.24, 2.45) is 0 Å². The second-order valence-electron chi connectivity index (χ2n) is 3.24. The van der Waals surface area contributed by atoms with Gasteiger partial charge >= 0.3 is 0 Å². The van der Waals surface area contributed by atoms with Gasteiger partial charge in [-0.15, -0.1) is 0 Å². The predicted octanol–water partition coefficient (Wildman–Crippen LogP) is -5.17. The highest BCUT2D eigenvalue weighted by Gasteiger charge is 2.20. The first kappa shape index (κ1) is 12.8. The molecule has 0 atom stereocenters. The molecule has 0 aromatic rings. The third-order valence-electron chi connectivity index (χ3n) is 1.39. The van der Waals surface area contributed by atoms with E-state index in [0.29, 0.717) is 0 Å². The molecule has 0 aliphatic rings. The van der Waals surface area contributed by atoms with Crippen LogP contribution in [0.3, 0.4) is 0 Å². The van der Waals surface area contributed by atoms with E-state index >= 15 is 0 Å². The van der Waals surface area contributed by atoms with Crippen LogP contribution < -0.4 is 0 Å². The quantitative estimate of drug-likeness (QED) is 0.361. The van der Waals surface area contributed by atoms with Crippen molar-refractivity contribution in [2.75, 3.05) is 0 Å². The van der Waals surface area contributed by atoms with E-state index in [2.05, 4.69) is 0 Å². The first-order chi connectivity index (χ1) is 4.46. The molecule has 0 radical (unpaired) electrons. The van der Waals surface area contributed by atoms with Gasteiger partial charge in [0, 0.05) is 59.5 Å². The first-order valence-corrected chi connectivity index (χ1v) is 31.1. The van der Waals surface area contributed by atoms with E-state index in [1.165, 1.54) is 0 Å². The van der Waals surface area contributed by atoms with E-state index in [1.54, 1.807) is 59.5 Å². The van der Waals surface area contributed by atoms with Crippen LogP contribution in [0.5, 0.6) is 0 Å². The molecule has 0 saturated carbocycles. The molecule has 10 heteroatoms. The van der Waals surface area contributed by atoms with Crippen LogP contribution >= 0.6 is 19.7 Å². The topological polar surface area (TPSA) is 0 Å². The molecule has 62 valence electrons. The summed E-state index contributed by atoms with van der Waals surface area (Å²) in [5.41, 5.74) is 0. The average Bonchev–Trinajstić information content (AvgIpc) is 1.59. The highest BCUT2D eigenvalue weighted by molar-refractivity contribution is 8.65. The van der Waals surface area contributed by atoms with Gasteiger partial charge in [0.25, 0.3) is 0 Å². The molecule has 0 spiro atoms. The van der Waals surface area contributed by atoms with Gasteiger partial charge < -0.3 is 0 Å². The van der Waals surface area contributed by atoms with Crippen molar-refractivity contribution in [3.8, 4) is 0 Å². The lowest BCUT2D eigenvalue weighted by Gasteiger charge is -2.28. The molecule has 0 rings (SSSR count). The predicted molar refractivity (Wildman–Crippen MR) is 87.5 cm³/mol. The van der Waals surface area contributed by atoms with E-state index in [4.69, 9.17) is 0 Å². The fourth-order valence-corrected chi connectivity index (χ4v) is 337. The van der Waals surface area contributed by atoms with Crippen molar-refractivity contribution in [3.05, 3.63) is 0 Å². The molecular formula is H19P3Si7. The Morgan fingerprint density at radius 3 is 0.800 bits per heavy atom. The SMILES string of the molecule is [SiH3]P([SiH3])[SiH](P([SiH3])[SiH3])P([SiH3])[SiH3]. The fourth-order valence-electron chi connectivity index (χ4n) is 1.39. The van der Waals surface area contributed by atoms with Gasteiger partial charge in [0.15, 0.2) is 0 Å². The zero-order chi connectivity index (χ0) is 8.31. The van der Waals surface area contributed by atoms with Crippen LogP contribution in [0.1, 0.15) is 0 Å². The van der Waals surface area contributed by atoms with Gasteiger partial charge in [-0.3, -0.25) is 0 Å². The lowest BCUT2D eigenvalue weighted by atomic mass is 26.9. The van der Waals surface area contributed by atoms with E-state index in [-0.39, 0.29) is 7.80 Å². The van der Waals surface area contributed by atoms with Crippen molar-refractivity contribution in [1.82, 2.24) is 0 Å². The van der Waals surface area contributed by atoms with Crippen LogP contribution in [-0.4, -0.2) is 67.3 Å². The molecule has 0 unspecified atom stereocenters. The standard InChI is InChI=1S/H19P3Si7/c4-1(5)10(2(6)7)3(8)9/h10H,4-9H3. The zero-order valence-electron chi connectivity index (χ0n) is 7.92. The number of hydrogen-bond acceptors (Lipinski definition) is 0. The lowest BCUT2D eigenvalue weighted by Crippen LogP contribution is -2.08. The van der Waals surface area contributed by atoms with Gasteiger partial charge in [0.05, 0.1) is 7.80 Å². The average molecular weight is 309 g/mol. The molecule has 0 nitrogen and oxygen atoms in total. The zero-order valence-corrected chi connectivity index (χ0v) is 23.8. The molecule has 0 saturated heterocycles. The Morgan fingerprint density at radius 2 is 0.800 bits per heavy atom. The van der Waals surface area contributed by atoms with E-state index < -0.39 is 0 Å². The summed E-state index contributed by atoms with van der Waals surface area (Å²) in [4.78, 5) is 0. The molecule has 10 heavy (non-hydrogen) atoms. The summed E-state index contributed by atoms with van der Waals surface area (Å²) >= 11 is 0. The Morgan fingerprint density at radius 1 is 0.600 bits per heavy atom. The minimum Gasteiger partial charge on any atom is -0.155 e. The molecule has 0 fully saturated rings.